The van der Waals surface area contributed by atoms with Gasteiger partial charge in [-0.1, -0.05) is 0 Å². The molecule has 0 aromatic rings. The highest BCUT2D eigenvalue weighted by atomic mass is 14.9. The van der Waals surface area contributed by atoms with Gasteiger partial charge >= 0.3 is 0 Å². The van der Waals surface area contributed by atoms with Crippen molar-refractivity contribution in [1.29, 1.82) is 0 Å². The summed E-state index contributed by atoms with van der Waals surface area (Å²) >= 11 is 0. The van der Waals surface area contributed by atoms with E-state index in [4.69, 9.17) is 5.73 Å². The van der Waals surface area contributed by atoms with Gasteiger partial charge in [-0.25, -0.2) is 0 Å². The van der Waals surface area contributed by atoms with Crippen LogP contribution in [0.5, 0.6) is 0 Å². The first-order chi connectivity index (χ1) is 3.39. The zero-order valence-corrected chi connectivity index (χ0v) is 4.28. The van der Waals surface area contributed by atoms with E-state index in [2.05, 4.69) is 4.99 Å². The third-order valence-corrected chi connectivity index (χ3v) is 1.12. The second-order valence-electron chi connectivity index (χ2n) is 1.79. The number of nitrogens with zero attached hydrogens (tertiary/aromatic N) is 1. The molecule has 0 saturated heterocycles. The Morgan fingerprint density at radius 2 is 2.29 bits per heavy atom. The molecule has 1 rings (SSSR count). The predicted octanol–water partition coefficient (Wildman–Crippen LogP) is 0.852. The second-order valence-corrected chi connectivity index (χ2v) is 1.79. The average molecular weight is 97.1 g/mol. The van der Waals surface area contributed by atoms with Gasteiger partial charge in [-0.15, -0.1) is 0 Å². The summed E-state index contributed by atoms with van der Waals surface area (Å²) in [5, 5.41) is 0. The smallest absolute Gasteiger partial charge is 0.115 e. The van der Waals surface area contributed by atoms with Gasteiger partial charge in [0.15, 0.2) is 0 Å². The molecule has 0 aromatic heterocycles. The molecule has 1 heterocycles. The van der Waals surface area contributed by atoms with E-state index in [1.165, 1.54) is 12.8 Å². The van der Waals surface area contributed by atoms with Crippen LogP contribution >= 0.6 is 0 Å². The van der Waals surface area contributed by atoms with Gasteiger partial charge in [0, 0.05) is 13.0 Å². The lowest BCUT2D eigenvalue weighted by Crippen LogP contribution is -2.05. The van der Waals surface area contributed by atoms with Gasteiger partial charge in [-0.2, -0.15) is 0 Å². The van der Waals surface area contributed by atoms with Crippen LogP contribution in [0.2, 0.25) is 0 Å². The lowest BCUT2D eigenvalue weighted by Gasteiger charge is -2.03. The summed E-state index contributed by atoms with van der Waals surface area (Å²) in [5.41, 5.74) is 7.02. The van der Waals surface area contributed by atoms with E-state index in [0.29, 0.717) is 5.84 Å². The lowest BCUT2D eigenvalue weighted by molar-refractivity contribution is 0.731. The molecule has 39 valence electrons. The fourth-order valence-corrected chi connectivity index (χ4v) is 0.697. The predicted molar refractivity (Wildman–Crippen MR) is 29.2 cm³/mol. The first-order valence-corrected chi connectivity index (χ1v) is 2.64. The van der Waals surface area contributed by atoms with Crippen molar-refractivity contribution < 1.29 is 0 Å². The minimum absolute atomic E-state index is 0.589. The zero-order valence-electron chi connectivity index (χ0n) is 4.28. The topological polar surface area (TPSA) is 36.2 Å². The lowest BCUT2D eigenvalue weighted by atomic mass is 10.2. The Morgan fingerprint density at radius 3 is 2.57 bits per heavy atom. The Morgan fingerprint density at radius 1 is 1.43 bits per heavy atom. The zero-order chi connectivity index (χ0) is 5.11. The van der Waals surface area contributed by atoms with Gasteiger partial charge in [0.25, 0.3) is 0 Å². The molecule has 0 unspecified atom stereocenters. The van der Waals surface area contributed by atoms with Gasteiger partial charge in [-0.05, 0) is 12.8 Å². The van der Waals surface area contributed by atoms with Gasteiger partial charge in [0.2, 0.25) is 0 Å². The summed E-state index contributed by atoms with van der Waals surface area (Å²) in [5.74, 6) is 0.589. The van der Waals surface area contributed by atoms with E-state index in [1.54, 1.807) is 0 Å². The van der Waals surface area contributed by atoms with Crippen LogP contribution in [-0.2, 0) is 0 Å². The highest BCUT2D eigenvalue weighted by molar-refractivity contribution is 5.79. The Balaban J connectivity index is 2.40. The molecule has 1 aliphatic rings. The van der Waals surface area contributed by atoms with Crippen molar-refractivity contribution in [2.24, 2.45) is 4.99 Å². The van der Waals surface area contributed by atoms with Gasteiger partial charge in [0.05, 0.1) is 0 Å². The van der Waals surface area contributed by atoms with Crippen LogP contribution in [0.4, 0.5) is 0 Å². The fraction of sp³-hybridized carbons (Fsp3) is 0.800. The van der Waals surface area contributed by atoms with Crippen molar-refractivity contribution in [1.82, 2.24) is 5.73 Å². The molecule has 1 radical (unpaired) electrons. The highest BCUT2D eigenvalue weighted by Gasteiger charge is 1.98. The molecule has 1 aliphatic heterocycles. The van der Waals surface area contributed by atoms with Crippen molar-refractivity contribution in [2.45, 2.75) is 19.3 Å². The number of aliphatic imine (C=N–C) groups is 1. The molecule has 0 atom stereocenters. The maximum atomic E-state index is 7.02. The quantitative estimate of drug-likeness (QED) is 0.429. The van der Waals surface area contributed by atoms with Crippen molar-refractivity contribution in [2.75, 3.05) is 6.54 Å². The molecule has 0 bridgehead atoms. The molecule has 0 spiro atoms. The largest absolute Gasteiger partial charge is 0.287 e. The number of hydrogen-bond acceptors (Lipinski definition) is 1. The first kappa shape index (κ1) is 4.62. The van der Waals surface area contributed by atoms with Gasteiger partial charge in [-0.3, -0.25) is 10.7 Å². The van der Waals surface area contributed by atoms with Crippen molar-refractivity contribution in [3.05, 3.63) is 0 Å². The SMILES string of the molecule is [NH]C1=NCCCC1. The van der Waals surface area contributed by atoms with Crippen LogP contribution in [0.25, 0.3) is 0 Å². The Kier molecular flexibility index (Phi) is 1.29. The van der Waals surface area contributed by atoms with Crippen LogP contribution in [0.1, 0.15) is 19.3 Å². The van der Waals surface area contributed by atoms with Gasteiger partial charge in [0.1, 0.15) is 5.84 Å². The van der Waals surface area contributed by atoms with E-state index in [1.807, 2.05) is 0 Å². The third-order valence-electron chi connectivity index (χ3n) is 1.12. The van der Waals surface area contributed by atoms with E-state index in [0.717, 1.165) is 13.0 Å². The summed E-state index contributed by atoms with van der Waals surface area (Å²) in [7, 11) is 0. The summed E-state index contributed by atoms with van der Waals surface area (Å²) in [6.07, 6.45) is 3.25. The second kappa shape index (κ2) is 1.96. The molecule has 2 heteroatoms. The highest BCUT2D eigenvalue weighted by Crippen LogP contribution is 2.02. The van der Waals surface area contributed by atoms with Crippen LogP contribution < -0.4 is 5.73 Å². The van der Waals surface area contributed by atoms with Crippen molar-refractivity contribution in [3.63, 3.8) is 0 Å². The molecule has 0 amide bonds. The summed E-state index contributed by atoms with van der Waals surface area (Å²) in [4.78, 5) is 3.91. The van der Waals surface area contributed by atoms with Crippen LogP contribution in [0, 0.1) is 0 Å². The molecule has 0 aromatic carbocycles. The van der Waals surface area contributed by atoms with Crippen LogP contribution in [0.3, 0.4) is 0 Å². The molecule has 7 heavy (non-hydrogen) atoms. The standard InChI is InChI=1S/C5H9N2/c6-5-3-1-2-4-7-5/h6H,1-4H2. The molecule has 0 saturated carbocycles. The van der Waals surface area contributed by atoms with Gasteiger partial charge < -0.3 is 0 Å². The molecular weight excluding hydrogens is 88.1 g/mol. The molecule has 0 aliphatic carbocycles. The molecule has 1 N–H and O–H groups in total. The number of nitrogens with one attached hydrogen (secondary N) is 1. The monoisotopic (exact) mass is 97.1 g/mol. The minimum Gasteiger partial charge on any atom is -0.287 e. The maximum Gasteiger partial charge on any atom is 0.115 e. The number of hydrogen-bond donors (Lipinski definition) is 0. The van der Waals surface area contributed by atoms with E-state index >= 15 is 0 Å². The van der Waals surface area contributed by atoms with Crippen LogP contribution in [0.15, 0.2) is 4.99 Å². The minimum atomic E-state index is 0.589. The normalized spacial score (nSPS) is 21.4. The third kappa shape index (κ3) is 1.18. The average Bonchev–Trinajstić information content (AvgIpc) is 1.69. The summed E-state index contributed by atoms with van der Waals surface area (Å²) < 4.78 is 0. The Hall–Kier alpha value is -0.530. The van der Waals surface area contributed by atoms with Crippen LogP contribution in [-0.4, -0.2) is 12.4 Å². The van der Waals surface area contributed by atoms with Crippen molar-refractivity contribution in [3.8, 4) is 0 Å². The molecule has 0 fully saturated rings. The Labute approximate surface area is 43.4 Å². The fourth-order valence-electron chi connectivity index (χ4n) is 0.697. The summed E-state index contributed by atoms with van der Waals surface area (Å²) in [6.45, 7) is 0.888. The van der Waals surface area contributed by atoms with Crippen molar-refractivity contribution >= 4 is 5.84 Å². The van der Waals surface area contributed by atoms with E-state index in [-0.39, 0.29) is 0 Å². The number of amidine groups is 1. The molecule has 2 nitrogen and oxygen atoms in total. The van der Waals surface area contributed by atoms with E-state index < -0.39 is 0 Å². The summed E-state index contributed by atoms with van der Waals surface area (Å²) in [6, 6.07) is 0. The molecular formula is C5H9N2. The maximum absolute atomic E-state index is 7.02. The Bertz CT molecular complexity index is 86.1. The van der Waals surface area contributed by atoms with E-state index in [9.17, 15) is 0 Å². The first-order valence-electron chi connectivity index (χ1n) is 2.64. The number of rotatable bonds is 0.